The summed E-state index contributed by atoms with van der Waals surface area (Å²) >= 11 is 1.78. The molecule has 0 saturated carbocycles. The molecule has 1 aliphatic heterocycles. The van der Waals surface area contributed by atoms with E-state index in [9.17, 15) is 0 Å². The van der Waals surface area contributed by atoms with Crippen LogP contribution < -0.4 is 0 Å². The van der Waals surface area contributed by atoms with Crippen LogP contribution in [0.2, 0.25) is 0 Å². The Morgan fingerprint density at radius 2 is 2.17 bits per heavy atom. The molecule has 0 spiro atoms. The van der Waals surface area contributed by atoms with Crippen LogP contribution in [0.4, 0.5) is 0 Å². The number of hydrogen-bond acceptors (Lipinski definition) is 3. The number of hydrogen-bond donors (Lipinski definition) is 1. The van der Waals surface area contributed by atoms with E-state index in [1.807, 2.05) is 0 Å². The van der Waals surface area contributed by atoms with Gasteiger partial charge in [-0.2, -0.15) is 0 Å². The molecule has 0 bridgehead atoms. The Hall–Kier alpha value is -0.820. The molecule has 2 rings (SSSR count). The van der Waals surface area contributed by atoms with Crippen LogP contribution in [-0.4, -0.2) is 29.7 Å². The zero-order valence-electron chi connectivity index (χ0n) is 11.0. The van der Waals surface area contributed by atoms with Crippen molar-refractivity contribution < 1.29 is 5.11 Å². The van der Waals surface area contributed by atoms with Crippen LogP contribution in [0.5, 0.6) is 0 Å². The van der Waals surface area contributed by atoms with Gasteiger partial charge in [-0.25, -0.2) is 0 Å². The summed E-state index contributed by atoms with van der Waals surface area (Å²) in [5.41, 5.74) is 0. The number of piperidine rings is 1. The van der Waals surface area contributed by atoms with Crippen molar-refractivity contribution in [1.82, 2.24) is 4.90 Å². The lowest BCUT2D eigenvalue weighted by atomic mass is 9.99. The van der Waals surface area contributed by atoms with Gasteiger partial charge in [0.2, 0.25) is 0 Å². The molecule has 3 heteroatoms. The van der Waals surface area contributed by atoms with Gasteiger partial charge < -0.3 is 5.11 Å². The van der Waals surface area contributed by atoms with Gasteiger partial charge in [-0.1, -0.05) is 18.8 Å². The predicted molar refractivity (Wildman–Crippen MR) is 76.6 cm³/mol. The molecule has 2 nitrogen and oxygen atoms in total. The first-order chi connectivity index (χ1) is 8.78. The van der Waals surface area contributed by atoms with E-state index in [-0.39, 0.29) is 6.61 Å². The average Bonchev–Trinajstić information content (AvgIpc) is 2.80. The maximum absolute atomic E-state index is 8.68. The van der Waals surface area contributed by atoms with Gasteiger partial charge in [0, 0.05) is 17.8 Å². The summed E-state index contributed by atoms with van der Waals surface area (Å²) < 4.78 is 0. The van der Waals surface area contributed by atoms with Crippen LogP contribution >= 0.6 is 11.3 Å². The molecule has 2 heterocycles. The van der Waals surface area contributed by atoms with E-state index in [2.05, 4.69) is 35.8 Å². The van der Waals surface area contributed by atoms with Crippen molar-refractivity contribution in [3.05, 3.63) is 21.9 Å². The summed E-state index contributed by atoms with van der Waals surface area (Å²) in [5.74, 6) is 6.96. The van der Waals surface area contributed by atoms with Gasteiger partial charge in [-0.05, 0) is 44.0 Å². The van der Waals surface area contributed by atoms with Crippen molar-refractivity contribution in [3.63, 3.8) is 0 Å². The second-order valence-corrected chi connectivity index (χ2v) is 6.17. The van der Waals surface area contributed by atoms with E-state index >= 15 is 0 Å². The Morgan fingerprint density at radius 3 is 2.89 bits per heavy atom. The van der Waals surface area contributed by atoms with Crippen LogP contribution in [-0.2, 0) is 6.54 Å². The zero-order chi connectivity index (χ0) is 12.8. The van der Waals surface area contributed by atoms with Gasteiger partial charge in [0.05, 0.1) is 11.5 Å². The highest BCUT2D eigenvalue weighted by Gasteiger charge is 2.16. The topological polar surface area (TPSA) is 23.5 Å². The predicted octanol–water partition coefficient (Wildman–Crippen LogP) is 2.71. The highest BCUT2D eigenvalue weighted by molar-refractivity contribution is 7.12. The summed E-state index contributed by atoms with van der Waals surface area (Å²) in [7, 11) is 0. The van der Waals surface area contributed by atoms with E-state index in [4.69, 9.17) is 5.11 Å². The molecule has 0 aliphatic carbocycles. The Balaban J connectivity index is 1.85. The third kappa shape index (κ3) is 4.13. The Labute approximate surface area is 114 Å². The molecule has 1 aromatic heterocycles. The molecule has 0 unspecified atom stereocenters. The quantitative estimate of drug-likeness (QED) is 0.848. The van der Waals surface area contributed by atoms with Crippen molar-refractivity contribution in [3.8, 4) is 11.8 Å². The molecule has 1 saturated heterocycles. The number of aliphatic hydroxyl groups excluding tert-OH is 1. The summed E-state index contributed by atoms with van der Waals surface area (Å²) in [5, 5.41) is 8.68. The monoisotopic (exact) mass is 263 g/mol. The lowest BCUT2D eigenvalue weighted by Gasteiger charge is -2.29. The third-order valence-corrected chi connectivity index (χ3v) is 4.35. The zero-order valence-corrected chi connectivity index (χ0v) is 11.8. The smallest absolute Gasteiger partial charge is 0.0771 e. The SMILES string of the molecule is CC1CCN(Cc2ccc(C#CCCO)s2)CC1. The fraction of sp³-hybridized carbons (Fsp3) is 0.600. The molecular weight excluding hydrogens is 242 g/mol. The highest BCUT2D eigenvalue weighted by atomic mass is 32.1. The first-order valence-corrected chi connectivity index (χ1v) is 7.50. The van der Waals surface area contributed by atoms with Crippen molar-refractivity contribution in [2.75, 3.05) is 19.7 Å². The van der Waals surface area contributed by atoms with Gasteiger partial charge in [-0.15, -0.1) is 11.3 Å². The van der Waals surface area contributed by atoms with Crippen LogP contribution in [0, 0.1) is 17.8 Å². The van der Waals surface area contributed by atoms with Gasteiger partial charge in [0.25, 0.3) is 0 Å². The number of likely N-dealkylation sites (tertiary alicyclic amines) is 1. The second-order valence-electron chi connectivity index (χ2n) is 5.00. The minimum Gasteiger partial charge on any atom is -0.395 e. The fourth-order valence-corrected chi connectivity index (χ4v) is 3.10. The summed E-state index contributed by atoms with van der Waals surface area (Å²) in [6.07, 6.45) is 3.22. The molecule has 0 radical (unpaired) electrons. The van der Waals surface area contributed by atoms with E-state index in [0.717, 1.165) is 17.3 Å². The van der Waals surface area contributed by atoms with E-state index in [1.165, 1.54) is 30.8 Å². The van der Waals surface area contributed by atoms with E-state index in [1.54, 1.807) is 11.3 Å². The van der Waals surface area contributed by atoms with Crippen molar-refractivity contribution in [2.24, 2.45) is 5.92 Å². The van der Waals surface area contributed by atoms with E-state index < -0.39 is 0 Å². The molecular formula is C15H21NOS. The lowest BCUT2D eigenvalue weighted by molar-refractivity contribution is 0.186. The summed E-state index contributed by atoms with van der Waals surface area (Å²) in [6, 6.07) is 4.28. The first-order valence-electron chi connectivity index (χ1n) is 6.68. The third-order valence-electron chi connectivity index (χ3n) is 3.37. The minimum atomic E-state index is 0.150. The van der Waals surface area contributed by atoms with Crippen molar-refractivity contribution in [1.29, 1.82) is 0 Å². The number of rotatable bonds is 3. The lowest BCUT2D eigenvalue weighted by Crippen LogP contribution is -2.32. The molecule has 1 aromatic rings. The molecule has 98 valence electrons. The Bertz CT molecular complexity index is 421. The normalized spacial score (nSPS) is 17.4. The van der Waals surface area contributed by atoms with Crippen LogP contribution in [0.3, 0.4) is 0 Å². The summed E-state index contributed by atoms with van der Waals surface area (Å²) in [4.78, 5) is 5.05. The average molecular weight is 263 g/mol. The van der Waals surface area contributed by atoms with Crippen LogP contribution in [0.15, 0.2) is 12.1 Å². The molecule has 18 heavy (non-hydrogen) atoms. The molecule has 1 N–H and O–H groups in total. The van der Waals surface area contributed by atoms with Crippen LogP contribution in [0.1, 0.15) is 35.9 Å². The minimum absolute atomic E-state index is 0.150. The second kappa shape index (κ2) is 6.94. The molecule has 1 fully saturated rings. The number of aliphatic hydroxyl groups is 1. The molecule has 1 aliphatic rings. The van der Waals surface area contributed by atoms with Gasteiger partial charge in [0.1, 0.15) is 0 Å². The largest absolute Gasteiger partial charge is 0.395 e. The molecule has 0 amide bonds. The maximum atomic E-state index is 8.68. The molecule has 0 aromatic carbocycles. The highest BCUT2D eigenvalue weighted by Crippen LogP contribution is 2.21. The first kappa shape index (κ1) is 13.6. The number of thiophene rings is 1. The standard InChI is InChI=1S/C15H21NOS/c1-13-7-9-16(10-8-13)12-15-6-5-14(18-15)4-2-3-11-17/h5-6,13,17H,3,7-12H2,1H3. The Kier molecular flexibility index (Phi) is 5.25. The van der Waals surface area contributed by atoms with Crippen molar-refractivity contribution >= 4 is 11.3 Å². The van der Waals surface area contributed by atoms with Gasteiger partial charge in [-0.3, -0.25) is 4.90 Å². The van der Waals surface area contributed by atoms with E-state index in [0.29, 0.717) is 6.42 Å². The summed E-state index contributed by atoms with van der Waals surface area (Å²) in [6.45, 7) is 6.02. The van der Waals surface area contributed by atoms with Crippen molar-refractivity contribution in [2.45, 2.75) is 32.7 Å². The van der Waals surface area contributed by atoms with Gasteiger partial charge >= 0.3 is 0 Å². The maximum Gasteiger partial charge on any atom is 0.0771 e. The Morgan fingerprint density at radius 1 is 1.39 bits per heavy atom. The molecule has 0 atom stereocenters. The van der Waals surface area contributed by atoms with Crippen LogP contribution in [0.25, 0.3) is 0 Å². The van der Waals surface area contributed by atoms with Gasteiger partial charge in [0.15, 0.2) is 0 Å². The number of nitrogens with zero attached hydrogens (tertiary/aromatic N) is 1. The fourth-order valence-electron chi connectivity index (χ4n) is 2.18.